The number of halogens is 1. The second kappa shape index (κ2) is 25.5. The molecule has 1 nitrogen and oxygen atoms in total. The van der Waals surface area contributed by atoms with E-state index in [2.05, 4.69) is 22.6 Å². The maximum atomic E-state index is 2.15. The molecule has 0 rings (SSSR count). The molecule has 0 unspecified atom stereocenters. The largest absolute Gasteiger partial charge is 0.412 e. The van der Waals surface area contributed by atoms with Crippen molar-refractivity contribution >= 4 is 22.6 Å². The molecule has 3 heteroatoms. The summed E-state index contributed by atoms with van der Waals surface area (Å²) >= 11 is 2.15. The molecule has 0 atom stereocenters. The van der Waals surface area contributed by atoms with Crippen LogP contribution in [0.1, 0.15) is 0 Å². The van der Waals surface area contributed by atoms with Crippen LogP contribution >= 0.6 is 22.6 Å². The van der Waals surface area contributed by atoms with Crippen LogP contribution in [0.25, 0.3) is 0 Å². The Morgan fingerprint density at radius 3 is 1.25 bits per heavy atom. The van der Waals surface area contributed by atoms with Gasteiger partial charge < -0.3 is 5.48 Å². The van der Waals surface area contributed by atoms with Gasteiger partial charge in [0, 0.05) is 22.4 Å². The van der Waals surface area contributed by atoms with E-state index in [9.17, 15) is 0 Å². The maximum Gasteiger partial charge on any atom is 0 e. The van der Waals surface area contributed by atoms with Gasteiger partial charge in [-0.3, -0.25) is 0 Å². The second-order valence-electron chi connectivity index (χ2n) is 0. The van der Waals surface area contributed by atoms with E-state index in [4.69, 9.17) is 0 Å². The molecule has 4 heavy (non-hydrogen) atoms. The van der Waals surface area contributed by atoms with Gasteiger partial charge in [-0.1, -0.05) is 22.6 Å². The van der Waals surface area contributed by atoms with Gasteiger partial charge >= 0.3 is 0 Å². The Labute approximate surface area is 55.1 Å². The van der Waals surface area contributed by atoms with Crippen molar-refractivity contribution in [1.29, 1.82) is 0 Å². The third kappa shape index (κ3) is 9.90. The van der Waals surface area contributed by atoms with Gasteiger partial charge in [-0.15, -0.1) is 0 Å². The smallest absolute Gasteiger partial charge is 0 e. The first-order chi connectivity index (χ1) is 1.00. The number of hydrogen-bond donors (Lipinski definition) is 0. The molecule has 2 N–H and O–H groups in total. The normalized spacial score (nSPS) is 1.50. The predicted octanol–water partition coefficient (Wildman–Crippen LogP) is 0.224. The average molecular weight is 268 g/mol. The van der Waals surface area contributed by atoms with E-state index in [0.717, 1.165) is 0 Å². The van der Waals surface area contributed by atoms with Crippen molar-refractivity contribution in [2.75, 3.05) is 4.93 Å². The summed E-state index contributed by atoms with van der Waals surface area (Å²) in [5, 5.41) is 0. The minimum Gasteiger partial charge on any atom is -0.412 e. The first kappa shape index (κ1) is 18.0. The number of rotatable bonds is 0. The Morgan fingerprint density at radius 1 is 1.25 bits per heavy atom. The fraction of sp³-hybridized carbons (Fsp3) is 1.00. The van der Waals surface area contributed by atoms with E-state index < -0.39 is 0 Å². The van der Waals surface area contributed by atoms with Crippen molar-refractivity contribution < 1.29 is 27.9 Å². The van der Waals surface area contributed by atoms with E-state index in [0.29, 0.717) is 0 Å². The van der Waals surface area contributed by atoms with Crippen LogP contribution in [0.2, 0.25) is 0 Å². The zero-order chi connectivity index (χ0) is 2.00. The third-order valence-electron chi connectivity index (χ3n) is 0. The minimum absolute atomic E-state index is 0. The SMILES string of the molecule is CI.O.[Ag]. The molecular formula is CH5AgIO. The molecule has 0 aromatic carbocycles. The van der Waals surface area contributed by atoms with Crippen molar-refractivity contribution in [3.63, 3.8) is 0 Å². The summed E-state index contributed by atoms with van der Waals surface area (Å²) in [4.78, 5) is 1.97. The summed E-state index contributed by atoms with van der Waals surface area (Å²) in [5.41, 5.74) is 0. The zero-order valence-electron chi connectivity index (χ0n) is 2.18. The van der Waals surface area contributed by atoms with Crippen molar-refractivity contribution in [2.45, 2.75) is 0 Å². The maximum absolute atomic E-state index is 2.15. The topological polar surface area (TPSA) is 31.5 Å². The van der Waals surface area contributed by atoms with Gasteiger partial charge in [0.05, 0.1) is 0 Å². The van der Waals surface area contributed by atoms with E-state index in [1.807, 2.05) is 4.93 Å². The standard InChI is InChI=1S/CH3I.Ag.H2O/c1-2;;/h1H3;;1H2. The Kier molecular flexibility index (Phi) is 115. The van der Waals surface area contributed by atoms with Gasteiger partial charge in [0.2, 0.25) is 0 Å². The van der Waals surface area contributed by atoms with Crippen molar-refractivity contribution in [3.8, 4) is 0 Å². The van der Waals surface area contributed by atoms with Gasteiger partial charge in [-0.25, -0.2) is 0 Å². The predicted molar refractivity (Wildman–Crippen MR) is 23.6 cm³/mol. The van der Waals surface area contributed by atoms with Gasteiger partial charge in [0.25, 0.3) is 0 Å². The summed E-state index contributed by atoms with van der Waals surface area (Å²) in [5.74, 6) is 0. The third-order valence-corrected chi connectivity index (χ3v) is 0. The van der Waals surface area contributed by atoms with Gasteiger partial charge in [-0.2, -0.15) is 0 Å². The zero-order valence-corrected chi connectivity index (χ0v) is 5.82. The van der Waals surface area contributed by atoms with E-state index in [-0.39, 0.29) is 27.9 Å². The summed E-state index contributed by atoms with van der Waals surface area (Å²) in [7, 11) is 0. The van der Waals surface area contributed by atoms with Crippen LogP contribution in [-0.4, -0.2) is 10.4 Å². The summed E-state index contributed by atoms with van der Waals surface area (Å²) in [6.07, 6.45) is 0. The Bertz CT molecular complexity index is 8.00. The molecule has 0 aromatic heterocycles. The molecule has 1 radical (unpaired) electrons. The van der Waals surface area contributed by atoms with Crippen LogP contribution in [0.4, 0.5) is 0 Å². The minimum atomic E-state index is 0. The van der Waals surface area contributed by atoms with Crippen LogP contribution in [-0.2, 0) is 22.4 Å². The molecule has 0 saturated carbocycles. The molecule has 0 aliphatic rings. The summed E-state index contributed by atoms with van der Waals surface area (Å²) in [6.45, 7) is 0. The monoisotopic (exact) mass is 267 g/mol. The van der Waals surface area contributed by atoms with Crippen molar-refractivity contribution in [3.05, 3.63) is 0 Å². The van der Waals surface area contributed by atoms with Crippen LogP contribution in [0.3, 0.4) is 0 Å². The van der Waals surface area contributed by atoms with E-state index in [1.54, 1.807) is 0 Å². The fourth-order valence-corrected chi connectivity index (χ4v) is 0. The molecule has 0 amide bonds. The second-order valence-corrected chi connectivity index (χ2v) is 0. The quantitative estimate of drug-likeness (QED) is 0.342. The molecule has 0 aliphatic heterocycles. The number of alkyl halides is 1. The van der Waals surface area contributed by atoms with Crippen LogP contribution in [0.5, 0.6) is 0 Å². The Morgan fingerprint density at radius 2 is 1.25 bits per heavy atom. The van der Waals surface area contributed by atoms with Gasteiger partial charge in [0.15, 0.2) is 0 Å². The van der Waals surface area contributed by atoms with Crippen molar-refractivity contribution in [2.24, 2.45) is 0 Å². The molecule has 0 saturated heterocycles. The molecule has 0 heterocycles. The van der Waals surface area contributed by atoms with E-state index >= 15 is 0 Å². The fourth-order valence-electron chi connectivity index (χ4n) is 0. The van der Waals surface area contributed by atoms with Crippen LogP contribution < -0.4 is 0 Å². The molecule has 0 aromatic rings. The van der Waals surface area contributed by atoms with Crippen LogP contribution in [0.15, 0.2) is 0 Å². The molecule has 0 fully saturated rings. The van der Waals surface area contributed by atoms with Crippen molar-refractivity contribution in [1.82, 2.24) is 0 Å². The van der Waals surface area contributed by atoms with Gasteiger partial charge in [-0.05, 0) is 4.93 Å². The first-order valence-electron chi connectivity index (χ1n) is 0.378. The average Bonchev–Trinajstić information content (AvgIpc) is 1.00. The molecular weight excluding hydrogens is 263 g/mol. The summed E-state index contributed by atoms with van der Waals surface area (Å²) in [6, 6.07) is 0. The van der Waals surface area contributed by atoms with Gasteiger partial charge in [0.1, 0.15) is 0 Å². The van der Waals surface area contributed by atoms with Crippen LogP contribution in [0, 0.1) is 0 Å². The summed E-state index contributed by atoms with van der Waals surface area (Å²) < 4.78 is 0. The molecule has 33 valence electrons. The first-order valence-corrected chi connectivity index (χ1v) is 2.54. The van der Waals surface area contributed by atoms with E-state index in [1.165, 1.54) is 0 Å². The molecule has 0 aliphatic carbocycles. The molecule has 0 bridgehead atoms. The molecule has 0 spiro atoms. The Balaban J connectivity index is -0.00000000500. The Hall–Kier alpha value is 1.43. The number of hydrogen-bond acceptors (Lipinski definition) is 0.